The lowest BCUT2D eigenvalue weighted by Crippen LogP contribution is -2.51. The molecular formula is C13H14N2O4. The van der Waals surface area contributed by atoms with E-state index in [0.29, 0.717) is 11.3 Å². The third kappa shape index (κ3) is 2.73. The second-order valence-corrected chi connectivity index (χ2v) is 4.45. The maximum Gasteiger partial charge on any atom is 0.310 e. The minimum absolute atomic E-state index is 0.0507. The summed E-state index contributed by atoms with van der Waals surface area (Å²) in [7, 11) is 0. The van der Waals surface area contributed by atoms with Gasteiger partial charge in [-0.1, -0.05) is 18.2 Å². The molecule has 0 aromatic heterocycles. The maximum absolute atomic E-state index is 11.4. The number of imide groups is 1. The van der Waals surface area contributed by atoms with E-state index in [9.17, 15) is 14.4 Å². The molecule has 1 unspecified atom stereocenters. The number of piperazine rings is 1. The van der Waals surface area contributed by atoms with Crippen LogP contribution in [0.2, 0.25) is 0 Å². The molecule has 0 spiro atoms. The minimum atomic E-state index is -0.944. The summed E-state index contributed by atoms with van der Waals surface area (Å²) in [5.74, 6) is -2.40. The Morgan fingerprint density at radius 3 is 2.42 bits per heavy atom. The predicted octanol–water partition coefficient (Wildman–Crippen LogP) is 0.337. The van der Waals surface area contributed by atoms with Crippen molar-refractivity contribution in [1.82, 2.24) is 5.32 Å². The van der Waals surface area contributed by atoms with E-state index in [1.54, 1.807) is 36.1 Å². The first-order valence-corrected chi connectivity index (χ1v) is 5.88. The Hall–Kier alpha value is -2.37. The van der Waals surface area contributed by atoms with Crippen molar-refractivity contribution < 1.29 is 19.5 Å². The third-order valence-electron chi connectivity index (χ3n) is 3.06. The number of hydrogen-bond acceptors (Lipinski definition) is 4. The van der Waals surface area contributed by atoms with E-state index in [1.165, 1.54) is 0 Å². The van der Waals surface area contributed by atoms with Crippen molar-refractivity contribution >= 4 is 23.5 Å². The molecule has 1 aliphatic heterocycles. The van der Waals surface area contributed by atoms with Gasteiger partial charge in [0.2, 0.25) is 11.8 Å². The van der Waals surface area contributed by atoms with Crippen LogP contribution in [0.4, 0.5) is 5.69 Å². The van der Waals surface area contributed by atoms with Gasteiger partial charge in [-0.25, -0.2) is 0 Å². The third-order valence-corrected chi connectivity index (χ3v) is 3.06. The molecule has 0 saturated carbocycles. The molecule has 0 radical (unpaired) electrons. The highest BCUT2D eigenvalue weighted by atomic mass is 16.4. The number of benzene rings is 1. The number of hydrogen-bond donors (Lipinski definition) is 2. The molecule has 6 heteroatoms. The molecular weight excluding hydrogens is 248 g/mol. The lowest BCUT2D eigenvalue weighted by atomic mass is 9.98. The van der Waals surface area contributed by atoms with Gasteiger partial charge in [0.25, 0.3) is 0 Å². The zero-order chi connectivity index (χ0) is 14.0. The van der Waals surface area contributed by atoms with Gasteiger partial charge in [0, 0.05) is 5.69 Å². The van der Waals surface area contributed by atoms with Crippen LogP contribution in [0.5, 0.6) is 0 Å². The van der Waals surface area contributed by atoms with E-state index in [4.69, 9.17) is 5.11 Å². The van der Waals surface area contributed by atoms with Gasteiger partial charge in [0.1, 0.15) is 0 Å². The van der Waals surface area contributed by atoms with Gasteiger partial charge >= 0.3 is 5.97 Å². The van der Waals surface area contributed by atoms with Crippen molar-refractivity contribution in [2.24, 2.45) is 0 Å². The van der Waals surface area contributed by atoms with Crippen LogP contribution in [0.3, 0.4) is 0 Å². The van der Waals surface area contributed by atoms with Gasteiger partial charge in [-0.2, -0.15) is 0 Å². The average molecular weight is 262 g/mol. The first-order valence-electron chi connectivity index (χ1n) is 5.88. The molecule has 2 rings (SSSR count). The van der Waals surface area contributed by atoms with E-state index in [-0.39, 0.29) is 24.9 Å². The van der Waals surface area contributed by atoms with E-state index in [0.717, 1.165) is 0 Å². The largest absolute Gasteiger partial charge is 0.481 e. The highest BCUT2D eigenvalue weighted by molar-refractivity contribution is 6.03. The van der Waals surface area contributed by atoms with E-state index < -0.39 is 11.9 Å². The monoisotopic (exact) mass is 262 g/mol. The van der Waals surface area contributed by atoms with E-state index in [2.05, 4.69) is 5.32 Å². The Balaban J connectivity index is 2.36. The average Bonchev–Trinajstić information content (AvgIpc) is 2.36. The van der Waals surface area contributed by atoms with Crippen LogP contribution in [0.25, 0.3) is 0 Å². The Labute approximate surface area is 110 Å². The topological polar surface area (TPSA) is 86.7 Å². The van der Waals surface area contributed by atoms with Crippen LogP contribution in [0.15, 0.2) is 24.3 Å². The van der Waals surface area contributed by atoms with Crippen molar-refractivity contribution in [3.63, 3.8) is 0 Å². The Bertz CT molecular complexity index is 525. The van der Waals surface area contributed by atoms with Crippen LogP contribution < -0.4 is 10.2 Å². The molecule has 1 fully saturated rings. The van der Waals surface area contributed by atoms with Gasteiger partial charge < -0.3 is 10.0 Å². The Morgan fingerprint density at radius 1 is 1.26 bits per heavy atom. The predicted molar refractivity (Wildman–Crippen MR) is 67.9 cm³/mol. The molecule has 1 aromatic carbocycles. The molecule has 100 valence electrons. The summed E-state index contributed by atoms with van der Waals surface area (Å²) in [5, 5.41) is 11.3. The zero-order valence-corrected chi connectivity index (χ0v) is 10.4. The molecule has 0 aliphatic carbocycles. The number of anilines is 1. The molecule has 2 amide bonds. The van der Waals surface area contributed by atoms with E-state index >= 15 is 0 Å². The number of carbonyl (C=O) groups excluding carboxylic acids is 2. The fourth-order valence-electron chi connectivity index (χ4n) is 2.08. The summed E-state index contributed by atoms with van der Waals surface area (Å²) in [6.07, 6.45) is 0. The smallest absolute Gasteiger partial charge is 0.310 e. The molecule has 2 N–H and O–H groups in total. The van der Waals surface area contributed by atoms with Crippen molar-refractivity contribution in [3.05, 3.63) is 29.8 Å². The molecule has 0 bridgehead atoms. The van der Waals surface area contributed by atoms with E-state index in [1.807, 2.05) is 0 Å². The SMILES string of the molecule is CC(C(=O)O)c1ccccc1N1CC(=O)NC(=O)C1. The van der Waals surface area contributed by atoms with Crippen LogP contribution in [-0.4, -0.2) is 36.0 Å². The van der Waals surface area contributed by atoms with Gasteiger partial charge in [-0.3, -0.25) is 19.7 Å². The van der Waals surface area contributed by atoms with Crippen molar-refractivity contribution in [2.45, 2.75) is 12.8 Å². The number of carboxylic acids is 1. The number of nitrogens with zero attached hydrogens (tertiary/aromatic N) is 1. The van der Waals surface area contributed by atoms with Crippen LogP contribution in [0.1, 0.15) is 18.4 Å². The standard InChI is InChI=1S/C13H14N2O4/c1-8(13(18)19)9-4-2-3-5-10(9)15-6-11(16)14-12(17)7-15/h2-5,8H,6-7H2,1H3,(H,18,19)(H,14,16,17). The zero-order valence-electron chi connectivity index (χ0n) is 10.4. The number of aliphatic carboxylic acids is 1. The summed E-state index contributed by atoms with van der Waals surface area (Å²) in [6, 6.07) is 6.92. The number of carbonyl (C=O) groups is 3. The quantitative estimate of drug-likeness (QED) is 0.767. The normalized spacial score (nSPS) is 17.0. The lowest BCUT2D eigenvalue weighted by molar-refractivity contribution is -0.138. The van der Waals surface area contributed by atoms with Gasteiger partial charge in [-0.05, 0) is 18.6 Å². The number of nitrogens with one attached hydrogen (secondary N) is 1. The van der Waals surface area contributed by atoms with Gasteiger partial charge in [0.05, 0.1) is 19.0 Å². The fourth-order valence-corrected chi connectivity index (χ4v) is 2.08. The lowest BCUT2D eigenvalue weighted by Gasteiger charge is -2.30. The number of amides is 2. The molecule has 1 aromatic rings. The van der Waals surface area contributed by atoms with Crippen LogP contribution in [-0.2, 0) is 14.4 Å². The van der Waals surface area contributed by atoms with Crippen molar-refractivity contribution in [1.29, 1.82) is 0 Å². The number of carboxylic acid groups (broad SMARTS) is 1. The molecule has 6 nitrogen and oxygen atoms in total. The summed E-state index contributed by atoms with van der Waals surface area (Å²) in [6.45, 7) is 1.68. The fraction of sp³-hybridized carbons (Fsp3) is 0.308. The first-order chi connectivity index (χ1) is 8.99. The van der Waals surface area contributed by atoms with Gasteiger partial charge in [0.15, 0.2) is 0 Å². The molecule has 1 aliphatic rings. The molecule has 19 heavy (non-hydrogen) atoms. The number of rotatable bonds is 3. The summed E-state index contributed by atoms with van der Waals surface area (Å²) >= 11 is 0. The highest BCUT2D eigenvalue weighted by Crippen LogP contribution is 2.28. The molecule has 1 saturated heterocycles. The summed E-state index contributed by atoms with van der Waals surface area (Å²) in [5.41, 5.74) is 1.21. The highest BCUT2D eigenvalue weighted by Gasteiger charge is 2.26. The molecule has 1 heterocycles. The van der Waals surface area contributed by atoms with Crippen LogP contribution in [0, 0.1) is 0 Å². The number of para-hydroxylation sites is 1. The second-order valence-electron chi connectivity index (χ2n) is 4.45. The maximum atomic E-state index is 11.4. The Morgan fingerprint density at radius 2 is 1.84 bits per heavy atom. The van der Waals surface area contributed by atoms with Gasteiger partial charge in [-0.15, -0.1) is 0 Å². The second kappa shape index (κ2) is 5.09. The van der Waals surface area contributed by atoms with Crippen LogP contribution >= 0.6 is 0 Å². The summed E-state index contributed by atoms with van der Waals surface area (Å²) < 4.78 is 0. The van der Waals surface area contributed by atoms with Crippen molar-refractivity contribution in [3.8, 4) is 0 Å². The Kier molecular flexibility index (Phi) is 3.50. The van der Waals surface area contributed by atoms with Crippen molar-refractivity contribution in [2.75, 3.05) is 18.0 Å². The minimum Gasteiger partial charge on any atom is -0.481 e. The first kappa shape index (κ1) is 13.1. The summed E-state index contributed by atoms with van der Waals surface area (Å²) in [4.78, 5) is 35.5. The molecule has 1 atom stereocenters.